The van der Waals surface area contributed by atoms with E-state index < -0.39 is 0 Å². The predicted octanol–water partition coefficient (Wildman–Crippen LogP) is 3.07. The number of piperazine rings is 1. The molecule has 0 N–H and O–H groups in total. The first-order chi connectivity index (χ1) is 14.1. The fourth-order valence-corrected chi connectivity index (χ4v) is 3.85. The molecule has 0 aliphatic carbocycles. The number of benzene rings is 2. The van der Waals surface area contributed by atoms with E-state index in [1.165, 1.54) is 0 Å². The molecule has 2 amide bonds. The molecule has 0 atom stereocenters. The summed E-state index contributed by atoms with van der Waals surface area (Å²) in [6, 6.07) is 12.8. The topological polar surface area (TPSA) is 72.2 Å². The maximum atomic E-state index is 13.0. The molecule has 1 aromatic heterocycles. The summed E-state index contributed by atoms with van der Waals surface area (Å²) in [6.45, 7) is 3.95. The Morgan fingerprint density at radius 2 is 1.55 bits per heavy atom. The van der Waals surface area contributed by atoms with Crippen molar-refractivity contribution >= 4 is 22.8 Å². The van der Waals surface area contributed by atoms with Crippen LogP contribution in [0.1, 0.15) is 26.5 Å². The second kappa shape index (κ2) is 6.84. The molecule has 2 aromatic carbocycles. The molecule has 7 heteroatoms. The lowest BCUT2D eigenvalue weighted by molar-refractivity contribution is 0.0518. The summed E-state index contributed by atoms with van der Waals surface area (Å²) in [5, 5.41) is 0.951. The normalized spacial score (nSPS) is 15.8. The van der Waals surface area contributed by atoms with Crippen molar-refractivity contribution in [2.24, 2.45) is 0 Å². The van der Waals surface area contributed by atoms with Gasteiger partial charge in [-0.1, -0.05) is 18.2 Å². The van der Waals surface area contributed by atoms with Gasteiger partial charge in [-0.3, -0.25) is 9.59 Å². The van der Waals surface area contributed by atoms with E-state index >= 15 is 0 Å². The summed E-state index contributed by atoms with van der Waals surface area (Å²) in [7, 11) is 0. The van der Waals surface area contributed by atoms with E-state index in [0.29, 0.717) is 54.6 Å². The molecule has 3 aromatic rings. The molecule has 0 unspecified atom stereocenters. The van der Waals surface area contributed by atoms with Gasteiger partial charge in [0.25, 0.3) is 11.8 Å². The van der Waals surface area contributed by atoms with Crippen LogP contribution in [-0.4, -0.2) is 54.6 Å². The second-order valence-electron chi connectivity index (χ2n) is 7.20. The highest BCUT2D eigenvalue weighted by atomic mass is 16.7. The summed E-state index contributed by atoms with van der Waals surface area (Å²) in [6.07, 6.45) is 0. The van der Waals surface area contributed by atoms with Gasteiger partial charge in [-0.15, -0.1) is 0 Å². The highest BCUT2D eigenvalue weighted by molar-refractivity contribution is 5.99. The van der Waals surface area contributed by atoms with Crippen LogP contribution in [0.4, 0.5) is 0 Å². The Balaban J connectivity index is 1.28. The van der Waals surface area contributed by atoms with Crippen molar-refractivity contribution in [3.63, 3.8) is 0 Å². The van der Waals surface area contributed by atoms with Gasteiger partial charge in [-0.25, -0.2) is 0 Å². The summed E-state index contributed by atoms with van der Waals surface area (Å²) in [5.41, 5.74) is 2.12. The van der Waals surface area contributed by atoms with Crippen molar-refractivity contribution in [1.82, 2.24) is 9.80 Å². The minimum Gasteiger partial charge on any atom is -0.454 e. The minimum absolute atomic E-state index is 0.0738. The average Bonchev–Trinajstić information content (AvgIpc) is 3.37. The Morgan fingerprint density at radius 1 is 0.862 bits per heavy atom. The van der Waals surface area contributed by atoms with Gasteiger partial charge in [-0.05, 0) is 31.2 Å². The third-order valence-electron chi connectivity index (χ3n) is 5.51. The third-order valence-corrected chi connectivity index (χ3v) is 5.51. The van der Waals surface area contributed by atoms with E-state index in [9.17, 15) is 9.59 Å². The van der Waals surface area contributed by atoms with Crippen LogP contribution in [0.5, 0.6) is 11.5 Å². The van der Waals surface area contributed by atoms with E-state index in [0.717, 1.165) is 10.9 Å². The molecular formula is C22H20N2O5. The Labute approximate surface area is 167 Å². The monoisotopic (exact) mass is 392 g/mol. The number of para-hydroxylation sites is 1. The molecule has 5 rings (SSSR count). The van der Waals surface area contributed by atoms with Crippen LogP contribution in [-0.2, 0) is 0 Å². The van der Waals surface area contributed by atoms with Gasteiger partial charge in [0.1, 0.15) is 5.58 Å². The molecule has 2 aliphatic rings. The van der Waals surface area contributed by atoms with Gasteiger partial charge in [-0.2, -0.15) is 0 Å². The summed E-state index contributed by atoms with van der Waals surface area (Å²) in [4.78, 5) is 29.3. The molecule has 0 saturated carbocycles. The fraction of sp³-hybridized carbons (Fsp3) is 0.273. The highest BCUT2D eigenvalue weighted by Gasteiger charge is 2.29. The van der Waals surface area contributed by atoms with E-state index in [1.807, 2.05) is 31.2 Å². The van der Waals surface area contributed by atoms with Gasteiger partial charge < -0.3 is 23.7 Å². The van der Waals surface area contributed by atoms with Crippen LogP contribution < -0.4 is 9.47 Å². The van der Waals surface area contributed by atoms with Crippen LogP contribution in [0.2, 0.25) is 0 Å². The maximum absolute atomic E-state index is 13.0. The first-order valence-corrected chi connectivity index (χ1v) is 9.58. The van der Waals surface area contributed by atoms with Gasteiger partial charge in [0.05, 0.1) is 0 Å². The number of hydrogen-bond donors (Lipinski definition) is 0. The zero-order valence-electron chi connectivity index (χ0n) is 16.0. The largest absolute Gasteiger partial charge is 0.454 e. The van der Waals surface area contributed by atoms with Crippen molar-refractivity contribution in [1.29, 1.82) is 0 Å². The summed E-state index contributed by atoms with van der Waals surface area (Å²) >= 11 is 0. The Hall–Kier alpha value is -3.48. The molecule has 1 saturated heterocycles. The van der Waals surface area contributed by atoms with Crippen molar-refractivity contribution in [2.45, 2.75) is 6.92 Å². The zero-order chi connectivity index (χ0) is 20.0. The Morgan fingerprint density at radius 3 is 2.31 bits per heavy atom. The third kappa shape index (κ3) is 2.99. The molecule has 29 heavy (non-hydrogen) atoms. The average molecular weight is 392 g/mol. The molecule has 0 bridgehead atoms. The number of furan rings is 1. The smallest absolute Gasteiger partial charge is 0.290 e. The van der Waals surface area contributed by atoms with Crippen LogP contribution in [0, 0.1) is 6.92 Å². The number of rotatable bonds is 2. The van der Waals surface area contributed by atoms with Gasteiger partial charge >= 0.3 is 0 Å². The number of aryl methyl sites for hydroxylation is 1. The summed E-state index contributed by atoms with van der Waals surface area (Å²) in [5.74, 6) is 1.41. The second-order valence-corrected chi connectivity index (χ2v) is 7.20. The van der Waals surface area contributed by atoms with E-state index in [2.05, 4.69) is 0 Å². The summed E-state index contributed by atoms with van der Waals surface area (Å²) < 4.78 is 16.4. The quantitative estimate of drug-likeness (QED) is 0.670. The molecule has 0 radical (unpaired) electrons. The maximum Gasteiger partial charge on any atom is 0.290 e. The number of ether oxygens (including phenoxy) is 2. The molecule has 1 fully saturated rings. The van der Waals surface area contributed by atoms with Gasteiger partial charge in [0.2, 0.25) is 6.79 Å². The van der Waals surface area contributed by atoms with Crippen LogP contribution >= 0.6 is 0 Å². The number of nitrogens with zero attached hydrogens (tertiary/aromatic N) is 2. The van der Waals surface area contributed by atoms with Crippen LogP contribution in [0.15, 0.2) is 46.9 Å². The number of amides is 2. The van der Waals surface area contributed by atoms with Crippen molar-refractivity contribution in [2.75, 3.05) is 33.0 Å². The minimum atomic E-state index is -0.131. The molecule has 0 spiro atoms. The van der Waals surface area contributed by atoms with Crippen molar-refractivity contribution in [3.8, 4) is 11.5 Å². The van der Waals surface area contributed by atoms with E-state index in [4.69, 9.17) is 13.9 Å². The van der Waals surface area contributed by atoms with Crippen LogP contribution in [0.3, 0.4) is 0 Å². The van der Waals surface area contributed by atoms with Crippen molar-refractivity contribution in [3.05, 3.63) is 59.4 Å². The van der Waals surface area contributed by atoms with E-state index in [1.54, 1.807) is 28.0 Å². The van der Waals surface area contributed by atoms with Gasteiger partial charge in [0.15, 0.2) is 17.3 Å². The van der Waals surface area contributed by atoms with Crippen LogP contribution in [0.25, 0.3) is 11.0 Å². The first-order valence-electron chi connectivity index (χ1n) is 9.58. The van der Waals surface area contributed by atoms with Gasteiger partial charge in [0, 0.05) is 42.7 Å². The highest BCUT2D eigenvalue weighted by Crippen LogP contribution is 2.33. The standard InChI is InChI=1S/C22H20N2O5/c1-14-16-4-2-3-5-17(16)29-20(14)22(26)24-10-8-23(9-11-24)21(25)15-6-7-18-19(12-15)28-13-27-18/h2-7,12H,8-11,13H2,1H3. The predicted molar refractivity (Wildman–Crippen MR) is 105 cm³/mol. The molecule has 3 heterocycles. The number of hydrogen-bond acceptors (Lipinski definition) is 5. The fourth-order valence-electron chi connectivity index (χ4n) is 3.85. The number of fused-ring (bicyclic) bond motifs is 2. The molecule has 7 nitrogen and oxygen atoms in total. The van der Waals surface area contributed by atoms with E-state index in [-0.39, 0.29) is 18.6 Å². The Kier molecular flexibility index (Phi) is 4.16. The Bertz CT molecular complexity index is 1110. The zero-order valence-corrected chi connectivity index (χ0v) is 16.0. The van der Waals surface area contributed by atoms with Crippen molar-refractivity contribution < 1.29 is 23.5 Å². The lowest BCUT2D eigenvalue weighted by atomic mass is 10.1. The lowest BCUT2D eigenvalue weighted by Gasteiger charge is -2.34. The lowest BCUT2D eigenvalue weighted by Crippen LogP contribution is -2.50. The molecular weight excluding hydrogens is 372 g/mol. The molecule has 148 valence electrons. The SMILES string of the molecule is Cc1c(C(=O)N2CCN(C(=O)c3ccc4c(c3)OCO4)CC2)oc2ccccc12. The number of carbonyl (C=O) groups is 2. The number of carbonyl (C=O) groups excluding carboxylic acids is 2. The molecule has 2 aliphatic heterocycles. The first kappa shape index (κ1) is 17.6.